The molecule has 1 unspecified atom stereocenters. The highest BCUT2D eigenvalue weighted by molar-refractivity contribution is 14.0. The number of carbonyl (C=O) groups is 1. The summed E-state index contributed by atoms with van der Waals surface area (Å²) in [6, 6.07) is 5.43. The quantitative estimate of drug-likeness (QED) is 0.275. The minimum absolute atomic E-state index is 0. The highest BCUT2D eigenvalue weighted by Gasteiger charge is 2.29. The standard InChI is InChI=1S/C18H27N3O3S.HI/c1-18(8-5-9-25-18)12-21-17(19-2)20-11-13-6-7-14(16(22)24-4)15(10-13)23-3;/h6-7,10H,5,8-9,11-12H2,1-4H3,(H2,19,20,21);1H. The van der Waals surface area contributed by atoms with Crippen molar-refractivity contribution in [3.8, 4) is 5.75 Å². The van der Waals surface area contributed by atoms with E-state index in [1.807, 2.05) is 23.9 Å². The number of ether oxygens (including phenoxy) is 2. The molecule has 2 rings (SSSR count). The van der Waals surface area contributed by atoms with Crippen molar-refractivity contribution in [2.45, 2.75) is 31.1 Å². The van der Waals surface area contributed by atoms with Crippen LogP contribution in [0.25, 0.3) is 0 Å². The smallest absolute Gasteiger partial charge is 0.341 e. The van der Waals surface area contributed by atoms with E-state index in [4.69, 9.17) is 9.47 Å². The van der Waals surface area contributed by atoms with Crippen LogP contribution in [-0.2, 0) is 11.3 Å². The van der Waals surface area contributed by atoms with E-state index < -0.39 is 5.97 Å². The van der Waals surface area contributed by atoms with Gasteiger partial charge in [-0.05, 0) is 43.2 Å². The van der Waals surface area contributed by atoms with Gasteiger partial charge in [-0.15, -0.1) is 24.0 Å². The molecule has 146 valence electrons. The average Bonchev–Trinajstić information content (AvgIpc) is 3.07. The third-order valence-electron chi connectivity index (χ3n) is 4.29. The predicted molar refractivity (Wildman–Crippen MR) is 118 cm³/mol. The average molecular weight is 493 g/mol. The highest BCUT2D eigenvalue weighted by Crippen LogP contribution is 2.36. The molecule has 2 N–H and O–H groups in total. The molecule has 1 aromatic carbocycles. The van der Waals surface area contributed by atoms with E-state index in [-0.39, 0.29) is 28.7 Å². The zero-order chi connectivity index (χ0) is 18.3. The van der Waals surface area contributed by atoms with Crippen molar-refractivity contribution >= 4 is 47.7 Å². The van der Waals surface area contributed by atoms with Crippen LogP contribution in [0.4, 0.5) is 0 Å². The Morgan fingerprint density at radius 3 is 2.69 bits per heavy atom. The number of nitrogens with zero attached hydrogens (tertiary/aromatic N) is 1. The third kappa shape index (κ3) is 6.22. The van der Waals surface area contributed by atoms with Crippen LogP contribution in [0, 0.1) is 0 Å². The SMILES string of the molecule is CN=C(NCc1ccc(C(=O)OC)c(OC)c1)NCC1(C)CCCS1.I. The zero-order valence-electron chi connectivity index (χ0n) is 15.8. The lowest BCUT2D eigenvalue weighted by Gasteiger charge is -2.24. The Kier molecular flexibility index (Phi) is 9.56. The summed E-state index contributed by atoms with van der Waals surface area (Å²) in [4.78, 5) is 16.0. The van der Waals surface area contributed by atoms with Crippen molar-refractivity contribution in [2.75, 3.05) is 33.6 Å². The summed E-state index contributed by atoms with van der Waals surface area (Å²) in [5, 5.41) is 6.70. The second-order valence-electron chi connectivity index (χ2n) is 6.21. The van der Waals surface area contributed by atoms with E-state index >= 15 is 0 Å². The lowest BCUT2D eigenvalue weighted by Crippen LogP contribution is -2.43. The van der Waals surface area contributed by atoms with E-state index in [2.05, 4.69) is 22.5 Å². The second-order valence-corrected chi connectivity index (χ2v) is 7.89. The first-order chi connectivity index (χ1) is 12.0. The van der Waals surface area contributed by atoms with Gasteiger partial charge in [0.1, 0.15) is 11.3 Å². The molecule has 0 bridgehead atoms. The Balaban J connectivity index is 0.00000338. The molecule has 0 aromatic heterocycles. The number of benzene rings is 1. The number of nitrogens with one attached hydrogen (secondary N) is 2. The number of carbonyl (C=O) groups excluding carboxylic acids is 1. The molecule has 1 aliphatic heterocycles. The number of hydrogen-bond acceptors (Lipinski definition) is 5. The molecule has 0 aliphatic carbocycles. The van der Waals surface area contributed by atoms with Crippen LogP contribution in [-0.4, -0.2) is 50.2 Å². The van der Waals surface area contributed by atoms with Gasteiger partial charge in [0, 0.05) is 24.9 Å². The van der Waals surface area contributed by atoms with Crippen LogP contribution in [0.15, 0.2) is 23.2 Å². The first-order valence-electron chi connectivity index (χ1n) is 8.35. The normalized spacial score (nSPS) is 19.5. The monoisotopic (exact) mass is 493 g/mol. The molecule has 1 aliphatic rings. The molecule has 1 aromatic rings. The summed E-state index contributed by atoms with van der Waals surface area (Å²) in [5.41, 5.74) is 1.41. The van der Waals surface area contributed by atoms with Crippen molar-refractivity contribution < 1.29 is 14.3 Å². The summed E-state index contributed by atoms with van der Waals surface area (Å²) in [7, 11) is 4.66. The molecule has 1 fully saturated rings. The van der Waals surface area contributed by atoms with E-state index in [1.165, 1.54) is 25.7 Å². The number of aliphatic imine (C=N–C) groups is 1. The minimum Gasteiger partial charge on any atom is -0.496 e. The van der Waals surface area contributed by atoms with Gasteiger partial charge in [-0.25, -0.2) is 4.79 Å². The van der Waals surface area contributed by atoms with Gasteiger partial charge in [0.15, 0.2) is 5.96 Å². The minimum atomic E-state index is -0.406. The van der Waals surface area contributed by atoms with Gasteiger partial charge in [-0.1, -0.05) is 6.07 Å². The Hall–Kier alpha value is -1.16. The van der Waals surface area contributed by atoms with Gasteiger partial charge >= 0.3 is 5.97 Å². The summed E-state index contributed by atoms with van der Waals surface area (Å²) < 4.78 is 10.3. The van der Waals surface area contributed by atoms with Crippen molar-refractivity contribution in [3.63, 3.8) is 0 Å². The van der Waals surface area contributed by atoms with Crippen molar-refractivity contribution in [1.29, 1.82) is 0 Å². The van der Waals surface area contributed by atoms with E-state index in [1.54, 1.807) is 20.2 Å². The number of methoxy groups -OCH3 is 2. The van der Waals surface area contributed by atoms with E-state index in [0.717, 1.165) is 18.1 Å². The maximum atomic E-state index is 11.7. The molecule has 1 saturated heterocycles. The van der Waals surface area contributed by atoms with Gasteiger partial charge in [0.2, 0.25) is 0 Å². The molecule has 6 nitrogen and oxygen atoms in total. The fourth-order valence-electron chi connectivity index (χ4n) is 2.78. The molecule has 1 atom stereocenters. The number of guanidine groups is 1. The molecule has 0 spiro atoms. The molecule has 26 heavy (non-hydrogen) atoms. The zero-order valence-corrected chi connectivity index (χ0v) is 18.9. The maximum absolute atomic E-state index is 11.7. The van der Waals surface area contributed by atoms with Gasteiger partial charge in [-0.3, -0.25) is 4.99 Å². The second kappa shape index (κ2) is 10.9. The molecular formula is C18H28IN3O3S. The van der Waals surface area contributed by atoms with Crippen LogP contribution in [0.3, 0.4) is 0 Å². The van der Waals surface area contributed by atoms with Gasteiger partial charge in [-0.2, -0.15) is 11.8 Å². The lowest BCUT2D eigenvalue weighted by molar-refractivity contribution is 0.0597. The highest BCUT2D eigenvalue weighted by atomic mass is 127. The Labute approximate surface area is 176 Å². The largest absolute Gasteiger partial charge is 0.496 e. The Bertz CT molecular complexity index is 634. The Morgan fingerprint density at radius 2 is 2.12 bits per heavy atom. The predicted octanol–water partition coefficient (Wildman–Crippen LogP) is 3.05. The van der Waals surface area contributed by atoms with Crippen LogP contribution in [0.5, 0.6) is 5.75 Å². The summed E-state index contributed by atoms with van der Waals surface area (Å²) in [5.74, 6) is 2.10. The Morgan fingerprint density at radius 1 is 1.35 bits per heavy atom. The van der Waals surface area contributed by atoms with E-state index in [0.29, 0.717) is 17.9 Å². The molecular weight excluding hydrogens is 465 g/mol. The summed E-state index contributed by atoms with van der Waals surface area (Å²) >= 11 is 2.02. The first kappa shape index (κ1) is 22.9. The fraction of sp³-hybridized carbons (Fsp3) is 0.556. The topological polar surface area (TPSA) is 72.0 Å². The number of rotatable bonds is 6. The maximum Gasteiger partial charge on any atom is 0.341 e. The van der Waals surface area contributed by atoms with Crippen molar-refractivity contribution in [3.05, 3.63) is 29.3 Å². The van der Waals surface area contributed by atoms with Crippen molar-refractivity contribution in [1.82, 2.24) is 10.6 Å². The fourth-order valence-corrected chi connectivity index (χ4v) is 4.02. The molecule has 0 saturated carbocycles. The number of thioether (sulfide) groups is 1. The third-order valence-corrected chi connectivity index (χ3v) is 5.82. The molecule has 1 heterocycles. The lowest BCUT2D eigenvalue weighted by atomic mass is 10.1. The first-order valence-corrected chi connectivity index (χ1v) is 9.33. The van der Waals surface area contributed by atoms with Crippen LogP contribution in [0.2, 0.25) is 0 Å². The number of hydrogen-bond donors (Lipinski definition) is 2. The van der Waals surface area contributed by atoms with Crippen molar-refractivity contribution in [2.24, 2.45) is 4.99 Å². The van der Waals surface area contributed by atoms with Gasteiger partial charge in [0.25, 0.3) is 0 Å². The van der Waals surface area contributed by atoms with Crippen LogP contribution < -0.4 is 15.4 Å². The summed E-state index contributed by atoms with van der Waals surface area (Å²) in [6.07, 6.45) is 2.51. The van der Waals surface area contributed by atoms with Crippen LogP contribution >= 0.6 is 35.7 Å². The molecule has 0 radical (unpaired) electrons. The summed E-state index contributed by atoms with van der Waals surface area (Å²) in [6.45, 7) is 3.77. The molecule has 8 heteroatoms. The van der Waals surface area contributed by atoms with Crippen LogP contribution in [0.1, 0.15) is 35.7 Å². The van der Waals surface area contributed by atoms with Gasteiger partial charge < -0.3 is 20.1 Å². The molecule has 0 amide bonds. The van der Waals surface area contributed by atoms with Gasteiger partial charge in [0.05, 0.1) is 14.2 Å². The number of esters is 1. The van der Waals surface area contributed by atoms with E-state index in [9.17, 15) is 4.79 Å². The number of halogens is 1.